The van der Waals surface area contributed by atoms with Crippen molar-refractivity contribution in [2.45, 2.75) is 12.2 Å². The zero-order valence-electron chi connectivity index (χ0n) is 11.6. The van der Waals surface area contributed by atoms with Gasteiger partial charge >= 0.3 is 0 Å². The number of benzene rings is 1. The van der Waals surface area contributed by atoms with Crippen molar-refractivity contribution in [2.75, 3.05) is 12.3 Å². The van der Waals surface area contributed by atoms with Crippen molar-refractivity contribution >= 4 is 56.5 Å². The predicted molar refractivity (Wildman–Crippen MR) is 96.3 cm³/mol. The van der Waals surface area contributed by atoms with E-state index in [1.165, 1.54) is 17.0 Å². The third-order valence-electron chi connectivity index (χ3n) is 2.84. The van der Waals surface area contributed by atoms with Crippen molar-refractivity contribution in [2.24, 2.45) is 0 Å². The van der Waals surface area contributed by atoms with Gasteiger partial charge in [-0.2, -0.15) is 11.8 Å². The number of rotatable bonds is 7. The molecule has 1 amide bonds. The molecular formula is C15H14BrClFNOS2. The molecule has 7 heteroatoms. The van der Waals surface area contributed by atoms with E-state index in [2.05, 4.69) is 27.3 Å². The largest absolute Gasteiger partial charge is 0.355 e. The molecule has 2 aromatic rings. The van der Waals surface area contributed by atoms with Gasteiger partial charge in [0, 0.05) is 33.5 Å². The van der Waals surface area contributed by atoms with Gasteiger partial charge in [0.1, 0.15) is 5.82 Å². The molecule has 0 saturated heterocycles. The van der Waals surface area contributed by atoms with Gasteiger partial charge in [0.25, 0.3) is 0 Å². The summed E-state index contributed by atoms with van der Waals surface area (Å²) in [5, 5.41) is 3.07. The summed E-state index contributed by atoms with van der Waals surface area (Å²) in [6, 6.07) is 8.53. The van der Waals surface area contributed by atoms with Crippen LogP contribution in [-0.2, 0) is 17.0 Å². The minimum absolute atomic E-state index is 0.0337. The van der Waals surface area contributed by atoms with Crippen molar-refractivity contribution in [1.82, 2.24) is 5.32 Å². The first-order valence-electron chi connectivity index (χ1n) is 6.58. The Morgan fingerprint density at radius 1 is 1.36 bits per heavy atom. The highest BCUT2D eigenvalue weighted by Crippen LogP contribution is 2.25. The van der Waals surface area contributed by atoms with Crippen LogP contribution in [0.4, 0.5) is 4.39 Å². The molecule has 1 aromatic heterocycles. The fraction of sp³-hybridized carbons (Fsp3) is 0.267. The molecule has 0 unspecified atom stereocenters. The lowest BCUT2D eigenvalue weighted by Crippen LogP contribution is -2.27. The standard InChI is InChI=1S/C15H14BrClFNOS2/c16-14-5-4-10(22-14)9-21-7-6-19-15(20)8-11-12(17)2-1-3-13(11)18/h1-5H,6-9H2,(H,19,20). The highest BCUT2D eigenvalue weighted by Gasteiger charge is 2.11. The number of carbonyl (C=O) groups excluding carboxylic acids is 1. The molecule has 0 aliphatic carbocycles. The maximum absolute atomic E-state index is 13.6. The Morgan fingerprint density at radius 3 is 2.86 bits per heavy atom. The normalized spacial score (nSPS) is 10.7. The number of thiophene rings is 1. The third kappa shape index (κ3) is 5.57. The van der Waals surface area contributed by atoms with Crippen LogP contribution >= 0.6 is 50.6 Å². The number of halogens is 3. The van der Waals surface area contributed by atoms with Crippen LogP contribution in [0.1, 0.15) is 10.4 Å². The molecule has 1 heterocycles. The topological polar surface area (TPSA) is 29.1 Å². The Hall–Kier alpha value is -0.560. The molecule has 0 radical (unpaired) electrons. The molecule has 0 saturated carbocycles. The second-order valence-electron chi connectivity index (χ2n) is 4.49. The van der Waals surface area contributed by atoms with Crippen molar-refractivity contribution in [1.29, 1.82) is 0 Å². The Morgan fingerprint density at radius 2 is 2.18 bits per heavy atom. The fourth-order valence-electron chi connectivity index (χ4n) is 1.79. The smallest absolute Gasteiger partial charge is 0.224 e. The quantitative estimate of drug-likeness (QED) is 0.643. The first-order chi connectivity index (χ1) is 10.6. The van der Waals surface area contributed by atoms with Gasteiger partial charge in [0.15, 0.2) is 0 Å². The number of nitrogens with one attached hydrogen (secondary N) is 1. The van der Waals surface area contributed by atoms with Gasteiger partial charge in [0.05, 0.1) is 10.2 Å². The minimum atomic E-state index is -0.444. The molecule has 2 nitrogen and oxygen atoms in total. The molecule has 22 heavy (non-hydrogen) atoms. The highest BCUT2D eigenvalue weighted by atomic mass is 79.9. The van der Waals surface area contributed by atoms with Crippen LogP contribution in [0.25, 0.3) is 0 Å². The molecule has 0 aliphatic rings. The summed E-state index contributed by atoms with van der Waals surface area (Å²) < 4.78 is 14.7. The van der Waals surface area contributed by atoms with E-state index in [1.807, 2.05) is 6.07 Å². The summed E-state index contributed by atoms with van der Waals surface area (Å²) in [6.45, 7) is 0.558. The number of hydrogen-bond donors (Lipinski definition) is 1. The summed E-state index contributed by atoms with van der Waals surface area (Å²) in [6.07, 6.45) is -0.0337. The Balaban J connectivity index is 1.68. The fourth-order valence-corrected chi connectivity index (χ4v) is 4.47. The van der Waals surface area contributed by atoms with E-state index in [1.54, 1.807) is 29.2 Å². The molecule has 0 bridgehead atoms. The van der Waals surface area contributed by atoms with Crippen molar-refractivity contribution in [3.8, 4) is 0 Å². The van der Waals surface area contributed by atoms with E-state index in [0.29, 0.717) is 6.54 Å². The summed E-state index contributed by atoms with van der Waals surface area (Å²) in [7, 11) is 0. The second-order valence-corrected chi connectivity index (χ2v) is 8.55. The SMILES string of the molecule is O=C(Cc1c(F)cccc1Cl)NCCSCc1ccc(Br)s1. The second kappa shape index (κ2) is 8.91. The van der Waals surface area contributed by atoms with E-state index >= 15 is 0 Å². The maximum atomic E-state index is 13.6. The number of amides is 1. The first kappa shape index (κ1) is 17.8. The van der Waals surface area contributed by atoms with Gasteiger partial charge in [-0.3, -0.25) is 4.79 Å². The summed E-state index contributed by atoms with van der Waals surface area (Å²) in [5.74, 6) is 1.07. The Bertz CT molecular complexity index is 630. The molecule has 0 fully saturated rings. The zero-order valence-corrected chi connectivity index (χ0v) is 15.5. The van der Waals surface area contributed by atoms with Gasteiger partial charge in [-0.1, -0.05) is 17.7 Å². The number of thioether (sulfide) groups is 1. The van der Waals surface area contributed by atoms with E-state index < -0.39 is 5.82 Å². The van der Waals surface area contributed by atoms with Crippen LogP contribution in [-0.4, -0.2) is 18.2 Å². The third-order valence-corrected chi connectivity index (χ3v) is 6.01. The average molecular weight is 423 g/mol. The van der Waals surface area contributed by atoms with E-state index in [0.717, 1.165) is 15.3 Å². The molecular weight excluding hydrogens is 409 g/mol. The predicted octanol–water partition coefficient (Wildman–Crippen LogP) is 4.90. The lowest BCUT2D eigenvalue weighted by Gasteiger charge is -2.07. The average Bonchev–Trinajstić information content (AvgIpc) is 2.88. The Kier molecular flexibility index (Phi) is 7.21. The van der Waals surface area contributed by atoms with Crippen LogP contribution in [0.2, 0.25) is 5.02 Å². The van der Waals surface area contributed by atoms with Crippen molar-refractivity contribution < 1.29 is 9.18 Å². The zero-order chi connectivity index (χ0) is 15.9. The first-order valence-corrected chi connectivity index (χ1v) is 9.72. The monoisotopic (exact) mass is 421 g/mol. The maximum Gasteiger partial charge on any atom is 0.224 e. The van der Waals surface area contributed by atoms with E-state index in [4.69, 9.17) is 11.6 Å². The van der Waals surface area contributed by atoms with Crippen molar-refractivity contribution in [3.05, 3.63) is 55.4 Å². The molecule has 1 aromatic carbocycles. The van der Waals surface area contributed by atoms with Gasteiger partial charge in [-0.25, -0.2) is 4.39 Å². The summed E-state index contributed by atoms with van der Waals surface area (Å²) in [4.78, 5) is 13.1. The molecule has 1 N–H and O–H groups in total. The van der Waals surface area contributed by atoms with E-state index in [-0.39, 0.29) is 22.9 Å². The van der Waals surface area contributed by atoms with Gasteiger partial charge in [-0.15, -0.1) is 11.3 Å². The molecule has 0 aliphatic heterocycles. The summed E-state index contributed by atoms with van der Waals surface area (Å²) in [5.41, 5.74) is 0.248. The Labute approximate surface area is 150 Å². The lowest BCUT2D eigenvalue weighted by atomic mass is 10.1. The van der Waals surface area contributed by atoms with E-state index in [9.17, 15) is 9.18 Å². The molecule has 118 valence electrons. The summed E-state index contributed by atoms with van der Waals surface area (Å²) >= 11 is 12.8. The molecule has 0 atom stereocenters. The van der Waals surface area contributed by atoms with Crippen LogP contribution in [0, 0.1) is 5.82 Å². The molecule has 2 rings (SSSR count). The minimum Gasteiger partial charge on any atom is -0.355 e. The highest BCUT2D eigenvalue weighted by molar-refractivity contribution is 9.11. The van der Waals surface area contributed by atoms with Crippen LogP contribution in [0.15, 0.2) is 34.1 Å². The van der Waals surface area contributed by atoms with Crippen LogP contribution < -0.4 is 5.32 Å². The van der Waals surface area contributed by atoms with Crippen LogP contribution in [0.5, 0.6) is 0 Å². The van der Waals surface area contributed by atoms with Gasteiger partial charge < -0.3 is 5.32 Å². The van der Waals surface area contributed by atoms with Gasteiger partial charge in [-0.05, 0) is 40.2 Å². The number of carbonyl (C=O) groups is 1. The van der Waals surface area contributed by atoms with Crippen LogP contribution in [0.3, 0.4) is 0 Å². The lowest BCUT2D eigenvalue weighted by molar-refractivity contribution is -0.120. The van der Waals surface area contributed by atoms with Gasteiger partial charge in [0.2, 0.25) is 5.91 Å². The molecule has 0 spiro atoms. The van der Waals surface area contributed by atoms with Crippen molar-refractivity contribution in [3.63, 3.8) is 0 Å². The number of hydrogen-bond acceptors (Lipinski definition) is 3.